The van der Waals surface area contributed by atoms with Crippen molar-refractivity contribution in [1.29, 1.82) is 0 Å². The molecule has 19 heavy (non-hydrogen) atoms. The number of nitrogens with zero attached hydrogens (tertiary/aromatic N) is 1. The van der Waals surface area contributed by atoms with Gasteiger partial charge < -0.3 is 9.84 Å². The van der Waals surface area contributed by atoms with Crippen LogP contribution in [0.25, 0.3) is 6.08 Å². The van der Waals surface area contributed by atoms with Crippen LogP contribution in [-0.2, 0) is 16.1 Å². The van der Waals surface area contributed by atoms with Crippen LogP contribution in [0, 0.1) is 0 Å². The average Bonchev–Trinajstić information content (AvgIpc) is 2.84. The normalized spacial score (nSPS) is 21.0. The molecule has 0 saturated carbocycles. The zero-order valence-corrected chi connectivity index (χ0v) is 11.9. The first-order valence-electron chi connectivity index (χ1n) is 6.42. The highest BCUT2D eigenvalue weighted by molar-refractivity contribution is 7.12. The van der Waals surface area contributed by atoms with Crippen LogP contribution in [0.3, 0.4) is 0 Å². The summed E-state index contributed by atoms with van der Waals surface area (Å²) in [6.45, 7) is 3.01. The molecule has 1 aromatic heterocycles. The fourth-order valence-corrected chi connectivity index (χ4v) is 3.25. The Labute approximate surface area is 117 Å². The van der Waals surface area contributed by atoms with Crippen LogP contribution in [0.4, 0.5) is 0 Å². The molecule has 0 bridgehead atoms. The first-order chi connectivity index (χ1) is 9.17. The van der Waals surface area contributed by atoms with Crippen molar-refractivity contribution < 1.29 is 14.6 Å². The van der Waals surface area contributed by atoms with E-state index < -0.39 is 5.97 Å². The number of rotatable bonds is 5. The number of carboxylic acid groups (broad SMARTS) is 1. The third-order valence-corrected chi connectivity index (χ3v) is 4.28. The molecule has 2 heterocycles. The molecule has 104 valence electrons. The summed E-state index contributed by atoms with van der Waals surface area (Å²) in [6.07, 6.45) is 5.49. The van der Waals surface area contributed by atoms with E-state index >= 15 is 0 Å². The van der Waals surface area contributed by atoms with Gasteiger partial charge in [0.05, 0.1) is 6.10 Å². The van der Waals surface area contributed by atoms with E-state index in [4.69, 9.17) is 9.84 Å². The Bertz CT molecular complexity index is 455. The highest BCUT2D eigenvalue weighted by atomic mass is 32.1. The second-order valence-corrected chi connectivity index (χ2v) is 5.91. The largest absolute Gasteiger partial charge is 0.478 e. The van der Waals surface area contributed by atoms with Crippen LogP contribution < -0.4 is 0 Å². The maximum absolute atomic E-state index is 10.5. The number of hydrogen-bond donors (Lipinski definition) is 1. The average molecular weight is 281 g/mol. The van der Waals surface area contributed by atoms with Gasteiger partial charge in [0.25, 0.3) is 0 Å². The molecule has 1 aliphatic heterocycles. The SMILES string of the molecule is COC1CCCN(Cc2ccc(/C=C/C(=O)O)s2)C1. The summed E-state index contributed by atoms with van der Waals surface area (Å²) in [5.74, 6) is -0.908. The molecule has 0 aromatic carbocycles. The standard InChI is InChI=1S/C14H19NO3S/c1-18-11-3-2-8-15(9-11)10-13-5-4-12(19-13)6-7-14(16)17/h4-7,11H,2-3,8-10H2,1H3,(H,16,17)/b7-6+. The minimum atomic E-state index is -0.908. The molecular weight excluding hydrogens is 262 g/mol. The fourth-order valence-electron chi connectivity index (χ4n) is 2.29. The Morgan fingerprint density at radius 3 is 3.21 bits per heavy atom. The minimum absolute atomic E-state index is 0.347. The summed E-state index contributed by atoms with van der Waals surface area (Å²) in [5, 5.41) is 8.59. The fraction of sp³-hybridized carbons (Fsp3) is 0.500. The Morgan fingerprint density at radius 2 is 2.47 bits per heavy atom. The van der Waals surface area contributed by atoms with Gasteiger partial charge in [-0.05, 0) is 37.6 Å². The Morgan fingerprint density at radius 1 is 1.63 bits per heavy atom. The van der Waals surface area contributed by atoms with Crippen molar-refractivity contribution in [3.05, 3.63) is 28.0 Å². The molecule has 1 unspecified atom stereocenters. The van der Waals surface area contributed by atoms with E-state index in [1.54, 1.807) is 24.5 Å². The van der Waals surface area contributed by atoms with Crippen LogP contribution >= 0.6 is 11.3 Å². The number of thiophene rings is 1. The zero-order chi connectivity index (χ0) is 13.7. The summed E-state index contributed by atoms with van der Waals surface area (Å²) in [5.41, 5.74) is 0. The van der Waals surface area contributed by atoms with Crippen LogP contribution in [0.2, 0.25) is 0 Å². The van der Waals surface area contributed by atoms with Gasteiger partial charge in [-0.15, -0.1) is 11.3 Å². The molecule has 1 fully saturated rings. The van der Waals surface area contributed by atoms with Gasteiger partial charge in [0.15, 0.2) is 0 Å². The third kappa shape index (κ3) is 4.45. The van der Waals surface area contributed by atoms with Gasteiger partial charge in [-0.3, -0.25) is 4.90 Å². The molecule has 1 saturated heterocycles. The predicted octanol–water partition coefficient (Wildman–Crippen LogP) is 2.46. The van der Waals surface area contributed by atoms with Gasteiger partial charge in [0.2, 0.25) is 0 Å². The molecule has 1 atom stereocenters. The van der Waals surface area contributed by atoms with E-state index in [1.807, 2.05) is 6.07 Å². The molecule has 1 N–H and O–H groups in total. The van der Waals surface area contributed by atoms with E-state index in [0.29, 0.717) is 6.10 Å². The van der Waals surface area contributed by atoms with Crippen LogP contribution in [0.5, 0.6) is 0 Å². The van der Waals surface area contributed by atoms with Crippen molar-refractivity contribution in [3.63, 3.8) is 0 Å². The van der Waals surface area contributed by atoms with Crippen molar-refractivity contribution in [2.75, 3.05) is 20.2 Å². The number of carboxylic acids is 1. The molecule has 0 amide bonds. The molecule has 0 radical (unpaired) electrons. The van der Waals surface area contributed by atoms with E-state index in [0.717, 1.165) is 30.9 Å². The summed E-state index contributed by atoms with van der Waals surface area (Å²) < 4.78 is 5.41. The molecule has 0 spiro atoms. The lowest BCUT2D eigenvalue weighted by molar-refractivity contribution is -0.131. The molecule has 2 rings (SSSR count). The monoisotopic (exact) mass is 281 g/mol. The Hall–Kier alpha value is -1.17. The maximum Gasteiger partial charge on any atom is 0.328 e. The molecule has 5 heteroatoms. The van der Waals surface area contributed by atoms with Gasteiger partial charge in [-0.2, -0.15) is 0 Å². The van der Waals surface area contributed by atoms with Gasteiger partial charge in [0.1, 0.15) is 0 Å². The van der Waals surface area contributed by atoms with E-state index in [2.05, 4.69) is 11.0 Å². The number of hydrogen-bond acceptors (Lipinski definition) is 4. The molecule has 4 nitrogen and oxygen atoms in total. The van der Waals surface area contributed by atoms with Crippen LogP contribution in [-0.4, -0.2) is 42.3 Å². The number of carbonyl (C=O) groups is 1. The van der Waals surface area contributed by atoms with Gasteiger partial charge in [0, 0.05) is 36.0 Å². The second kappa shape index (κ2) is 6.84. The molecule has 1 aliphatic rings. The van der Waals surface area contributed by atoms with Crippen molar-refractivity contribution in [2.45, 2.75) is 25.5 Å². The van der Waals surface area contributed by atoms with E-state index in [-0.39, 0.29) is 0 Å². The number of piperidine rings is 1. The third-order valence-electron chi connectivity index (χ3n) is 3.25. The van der Waals surface area contributed by atoms with Crippen molar-refractivity contribution in [1.82, 2.24) is 4.90 Å². The first kappa shape index (κ1) is 14.2. The van der Waals surface area contributed by atoms with Gasteiger partial charge in [-0.25, -0.2) is 4.79 Å². The van der Waals surface area contributed by atoms with Crippen LogP contribution in [0.1, 0.15) is 22.6 Å². The minimum Gasteiger partial charge on any atom is -0.478 e. The number of aliphatic carboxylic acids is 1. The predicted molar refractivity (Wildman–Crippen MR) is 76.3 cm³/mol. The lowest BCUT2D eigenvalue weighted by Crippen LogP contribution is -2.38. The highest BCUT2D eigenvalue weighted by Gasteiger charge is 2.19. The number of ether oxygens (including phenoxy) is 1. The smallest absolute Gasteiger partial charge is 0.328 e. The second-order valence-electron chi connectivity index (χ2n) is 4.71. The molecule has 1 aromatic rings. The van der Waals surface area contributed by atoms with Gasteiger partial charge >= 0.3 is 5.97 Å². The van der Waals surface area contributed by atoms with Crippen molar-refractivity contribution in [2.24, 2.45) is 0 Å². The summed E-state index contributed by atoms with van der Waals surface area (Å²) in [4.78, 5) is 15.1. The Kier molecular flexibility index (Phi) is 5.13. The maximum atomic E-state index is 10.5. The van der Waals surface area contributed by atoms with Gasteiger partial charge in [-0.1, -0.05) is 0 Å². The quantitative estimate of drug-likeness (QED) is 0.842. The van der Waals surface area contributed by atoms with Crippen molar-refractivity contribution >= 4 is 23.4 Å². The first-order valence-corrected chi connectivity index (χ1v) is 7.24. The van der Waals surface area contributed by atoms with E-state index in [9.17, 15) is 4.79 Å². The lowest BCUT2D eigenvalue weighted by atomic mass is 10.1. The number of methoxy groups -OCH3 is 1. The Balaban J connectivity index is 1.90. The molecule has 0 aliphatic carbocycles. The van der Waals surface area contributed by atoms with Crippen molar-refractivity contribution in [3.8, 4) is 0 Å². The highest BCUT2D eigenvalue weighted by Crippen LogP contribution is 2.22. The number of likely N-dealkylation sites (tertiary alicyclic amines) is 1. The van der Waals surface area contributed by atoms with Crippen LogP contribution in [0.15, 0.2) is 18.2 Å². The topological polar surface area (TPSA) is 49.8 Å². The zero-order valence-electron chi connectivity index (χ0n) is 11.0. The van der Waals surface area contributed by atoms with E-state index in [1.165, 1.54) is 17.4 Å². The lowest BCUT2D eigenvalue weighted by Gasteiger charge is -2.31. The summed E-state index contributed by atoms with van der Waals surface area (Å²) >= 11 is 1.64. The molecular formula is C14H19NO3S. The summed E-state index contributed by atoms with van der Waals surface area (Å²) in [6, 6.07) is 4.04. The summed E-state index contributed by atoms with van der Waals surface area (Å²) in [7, 11) is 1.77.